The maximum Gasteiger partial charge on any atom is 0.183 e. The molecule has 0 amide bonds. The molecule has 2 aromatic heterocycles. The number of hydrogen-bond donors (Lipinski definition) is 0. The van der Waals surface area contributed by atoms with Crippen LogP contribution in [0.25, 0.3) is 5.52 Å². The van der Waals surface area contributed by atoms with E-state index in [9.17, 15) is 0 Å². The van der Waals surface area contributed by atoms with Gasteiger partial charge in [-0.2, -0.15) is 0 Å². The molecule has 4 heteroatoms. The van der Waals surface area contributed by atoms with Gasteiger partial charge in [-0.15, -0.1) is 0 Å². The van der Waals surface area contributed by atoms with E-state index in [0.717, 1.165) is 23.3 Å². The molecule has 0 aliphatic rings. The van der Waals surface area contributed by atoms with Crippen LogP contribution in [0.5, 0.6) is 0 Å². The van der Waals surface area contributed by atoms with Gasteiger partial charge in [-0.1, -0.05) is 6.07 Å². The molecule has 0 fully saturated rings. The Morgan fingerprint density at radius 1 is 1.33 bits per heavy atom. The molecule has 3 nitrogen and oxygen atoms in total. The van der Waals surface area contributed by atoms with E-state index in [4.69, 9.17) is 0 Å². The molecule has 0 aromatic carbocycles. The van der Waals surface area contributed by atoms with Gasteiger partial charge in [0.25, 0.3) is 0 Å². The van der Waals surface area contributed by atoms with Crippen LogP contribution < -0.4 is 4.90 Å². The standard InChI is InChI=1S/C11H14BrN3/c1-3-14(4-2)10-7-5-6-9-8-13-11(12)15(9)10/h5-8H,3-4H2,1-2H3. The van der Waals surface area contributed by atoms with Gasteiger partial charge in [0.1, 0.15) is 5.82 Å². The molecule has 0 saturated carbocycles. The van der Waals surface area contributed by atoms with Crippen molar-refractivity contribution in [1.29, 1.82) is 0 Å². The quantitative estimate of drug-likeness (QED) is 0.853. The fourth-order valence-electron chi connectivity index (χ4n) is 1.79. The van der Waals surface area contributed by atoms with Crippen LogP contribution in [0.15, 0.2) is 29.1 Å². The largest absolute Gasteiger partial charge is 0.358 e. The van der Waals surface area contributed by atoms with Crippen molar-refractivity contribution in [2.75, 3.05) is 18.0 Å². The predicted molar refractivity (Wildman–Crippen MR) is 66.5 cm³/mol. The monoisotopic (exact) mass is 267 g/mol. The van der Waals surface area contributed by atoms with Gasteiger partial charge in [-0.3, -0.25) is 4.40 Å². The third-order valence-electron chi connectivity index (χ3n) is 2.57. The van der Waals surface area contributed by atoms with Crippen molar-refractivity contribution in [2.24, 2.45) is 0 Å². The highest BCUT2D eigenvalue weighted by molar-refractivity contribution is 9.10. The lowest BCUT2D eigenvalue weighted by Gasteiger charge is -2.22. The van der Waals surface area contributed by atoms with Crippen LogP contribution in [0.3, 0.4) is 0 Å². The van der Waals surface area contributed by atoms with Crippen LogP contribution >= 0.6 is 15.9 Å². The first-order valence-corrected chi connectivity index (χ1v) is 5.94. The summed E-state index contributed by atoms with van der Waals surface area (Å²) in [7, 11) is 0. The zero-order valence-corrected chi connectivity index (χ0v) is 10.5. The molecule has 2 aromatic rings. The summed E-state index contributed by atoms with van der Waals surface area (Å²) in [6.07, 6.45) is 1.87. The van der Waals surface area contributed by atoms with E-state index in [-0.39, 0.29) is 0 Å². The number of rotatable bonds is 3. The van der Waals surface area contributed by atoms with E-state index >= 15 is 0 Å². The topological polar surface area (TPSA) is 20.5 Å². The highest BCUT2D eigenvalue weighted by Crippen LogP contribution is 2.21. The number of halogens is 1. The molecule has 0 N–H and O–H groups in total. The maximum atomic E-state index is 4.26. The molecule has 2 heterocycles. The molecule has 0 aliphatic carbocycles. The van der Waals surface area contributed by atoms with Crippen LogP contribution in [-0.2, 0) is 0 Å². The van der Waals surface area contributed by atoms with Crippen molar-refractivity contribution in [1.82, 2.24) is 9.38 Å². The van der Waals surface area contributed by atoms with E-state index in [0.29, 0.717) is 0 Å². The van der Waals surface area contributed by atoms with Crippen LogP contribution in [-0.4, -0.2) is 22.5 Å². The van der Waals surface area contributed by atoms with Crippen LogP contribution in [0.4, 0.5) is 5.82 Å². The Morgan fingerprint density at radius 3 is 2.73 bits per heavy atom. The minimum Gasteiger partial charge on any atom is -0.358 e. The number of fused-ring (bicyclic) bond motifs is 1. The molecule has 0 atom stereocenters. The van der Waals surface area contributed by atoms with Crippen LogP contribution in [0.2, 0.25) is 0 Å². The summed E-state index contributed by atoms with van der Waals surface area (Å²) in [4.78, 5) is 6.57. The molecule has 15 heavy (non-hydrogen) atoms. The normalized spacial score (nSPS) is 10.9. The number of hydrogen-bond acceptors (Lipinski definition) is 2. The molecule has 0 radical (unpaired) electrons. The van der Waals surface area contributed by atoms with Gasteiger partial charge in [0.15, 0.2) is 4.73 Å². The van der Waals surface area contributed by atoms with Crippen molar-refractivity contribution in [2.45, 2.75) is 13.8 Å². The fraction of sp³-hybridized carbons (Fsp3) is 0.364. The number of pyridine rings is 1. The lowest BCUT2D eigenvalue weighted by Crippen LogP contribution is -2.24. The predicted octanol–water partition coefficient (Wildman–Crippen LogP) is 2.94. The first kappa shape index (κ1) is 10.5. The van der Waals surface area contributed by atoms with Crippen LogP contribution in [0.1, 0.15) is 13.8 Å². The van der Waals surface area contributed by atoms with Crippen molar-refractivity contribution < 1.29 is 0 Å². The molecular formula is C11H14BrN3. The van der Waals surface area contributed by atoms with E-state index in [1.165, 1.54) is 5.82 Å². The lowest BCUT2D eigenvalue weighted by molar-refractivity contribution is 0.830. The Labute approximate surface area is 97.9 Å². The first-order chi connectivity index (χ1) is 7.27. The van der Waals surface area contributed by atoms with Crippen molar-refractivity contribution in [3.63, 3.8) is 0 Å². The summed E-state index contributed by atoms with van der Waals surface area (Å²) in [5.74, 6) is 1.18. The number of aromatic nitrogens is 2. The zero-order chi connectivity index (χ0) is 10.8. The van der Waals surface area contributed by atoms with Gasteiger partial charge in [0.05, 0.1) is 11.7 Å². The molecule has 0 aliphatic heterocycles. The Bertz CT molecular complexity index is 460. The Balaban J connectivity index is 2.63. The van der Waals surface area contributed by atoms with Gasteiger partial charge in [-0.05, 0) is 41.9 Å². The molecule has 0 unspecified atom stereocenters. The molecule has 2 rings (SSSR count). The SMILES string of the molecule is CCN(CC)c1cccc2cnc(Br)n12. The maximum absolute atomic E-state index is 4.26. The lowest BCUT2D eigenvalue weighted by atomic mass is 10.3. The summed E-state index contributed by atoms with van der Waals surface area (Å²) in [5.41, 5.74) is 1.12. The Morgan fingerprint density at radius 2 is 2.07 bits per heavy atom. The summed E-state index contributed by atoms with van der Waals surface area (Å²) in [6, 6.07) is 6.24. The van der Waals surface area contributed by atoms with Crippen molar-refractivity contribution in [3.05, 3.63) is 29.1 Å². The van der Waals surface area contributed by atoms with E-state index < -0.39 is 0 Å². The second-order valence-corrected chi connectivity index (χ2v) is 4.05. The average Bonchev–Trinajstić information content (AvgIpc) is 2.63. The van der Waals surface area contributed by atoms with E-state index in [1.54, 1.807) is 0 Å². The summed E-state index contributed by atoms with van der Waals surface area (Å²) in [6.45, 7) is 6.32. The summed E-state index contributed by atoms with van der Waals surface area (Å²) in [5, 5.41) is 0. The fourth-order valence-corrected chi connectivity index (χ4v) is 2.28. The highest BCUT2D eigenvalue weighted by atomic mass is 79.9. The second kappa shape index (κ2) is 4.23. The third-order valence-corrected chi connectivity index (χ3v) is 3.13. The van der Waals surface area contributed by atoms with E-state index in [2.05, 4.69) is 62.3 Å². The minimum atomic E-state index is 0.861. The number of imidazole rings is 1. The van der Waals surface area contributed by atoms with Gasteiger partial charge in [0, 0.05) is 13.1 Å². The van der Waals surface area contributed by atoms with Crippen molar-refractivity contribution >= 4 is 27.3 Å². The van der Waals surface area contributed by atoms with Gasteiger partial charge in [-0.25, -0.2) is 4.98 Å². The van der Waals surface area contributed by atoms with Gasteiger partial charge >= 0.3 is 0 Å². The summed E-state index contributed by atoms with van der Waals surface area (Å²) >= 11 is 3.47. The first-order valence-electron chi connectivity index (χ1n) is 5.14. The van der Waals surface area contributed by atoms with E-state index in [1.807, 2.05) is 6.20 Å². The molecule has 80 valence electrons. The molecule has 0 saturated heterocycles. The third kappa shape index (κ3) is 1.74. The second-order valence-electron chi connectivity index (χ2n) is 3.34. The van der Waals surface area contributed by atoms with Crippen LogP contribution in [0, 0.1) is 0 Å². The average molecular weight is 268 g/mol. The summed E-state index contributed by atoms with van der Waals surface area (Å²) < 4.78 is 2.98. The number of anilines is 1. The molecule has 0 spiro atoms. The minimum absolute atomic E-state index is 0.861. The van der Waals surface area contributed by atoms with Crippen molar-refractivity contribution in [3.8, 4) is 0 Å². The highest BCUT2D eigenvalue weighted by Gasteiger charge is 2.09. The Hall–Kier alpha value is -1.03. The molecule has 0 bridgehead atoms. The smallest absolute Gasteiger partial charge is 0.183 e. The Kier molecular flexibility index (Phi) is 2.95. The molecular weight excluding hydrogens is 254 g/mol. The zero-order valence-electron chi connectivity index (χ0n) is 8.94. The number of nitrogens with zero attached hydrogens (tertiary/aromatic N) is 3. The van der Waals surface area contributed by atoms with Gasteiger partial charge < -0.3 is 4.90 Å². The van der Waals surface area contributed by atoms with Gasteiger partial charge in [0.2, 0.25) is 0 Å².